The van der Waals surface area contributed by atoms with Crippen molar-refractivity contribution in [1.82, 2.24) is 19.9 Å². The highest BCUT2D eigenvalue weighted by molar-refractivity contribution is 6.28. The molecule has 11 rings (SSSR count). The van der Waals surface area contributed by atoms with Crippen LogP contribution in [0, 0.1) is 0 Å². The maximum absolute atomic E-state index is 6.60. The molecule has 0 saturated heterocycles. The molecule has 5 heteroatoms. The quantitative estimate of drug-likeness (QED) is 0.167. The van der Waals surface area contributed by atoms with E-state index in [2.05, 4.69) is 91.0 Å². The first-order chi connectivity index (χ1) is 27.3. The molecule has 0 aliphatic carbocycles. The van der Waals surface area contributed by atoms with Gasteiger partial charge in [-0.2, -0.15) is 0 Å². The molecule has 9 aromatic carbocycles. The number of benzene rings is 9. The molecule has 55 heavy (non-hydrogen) atoms. The number of aromatic nitrogens is 4. The summed E-state index contributed by atoms with van der Waals surface area (Å²) in [5.41, 5.74) is 7.74. The summed E-state index contributed by atoms with van der Waals surface area (Å²) in [4.78, 5) is 20.0. The van der Waals surface area contributed by atoms with Gasteiger partial charge in [0.2, 0.25) is 5.89 Å². The van der Waals surface area contributed by atoms with Crippen LogP contribution in [0.3, 0.4) is 0 Å². The summed E-state index contributed by atoms with van der Waals surface area (Å²) in [6, 6.07) is 62.9. The van der Waals surface area contributed by atoms with Gasteiger partial charge in [-0.05, 0) is 67.7 Å². The highest BCUT2D eigenvalue weighted by Gasteiger charge is 2.19. The SMILES string of the molecule is c1ccc(-c2nc(-c3ccccc3)nc(-c3cccc4c(-c5cc6ccc7ccc8nc(-c9ccccc9)oc8c7c6c6ccccc56)cccc34)n2)cc1. The molecular weight excluding hydrogens is 673 g/mol. The van der Waals surface area contributed by atoms with Crippen molar-refractivity contribution in [2.75, 3.05) is 0 Å². The minimum Gasteiger partial charge on any atom is -0.435 e. The minimum absolute atomic E-state index is 0.623. The average molecular weight is 703 g/mol. The standard InChI is InChI=1S/C50H30N4O/c1-4-14-32(15-5-1)47-52-48(33-16-6-2-7-17-33)54-49(53-47)41-25-13-22-36-37(41)23-12-24-38(36)42-30-35-27-26-31-28-29-43-46(55-50(51-43)34-18-8-3-9-19-34)45(31)44(35)40-21-11-10-20-39(40)42/h1-30H. The summed E-state index contributed by atoms with van der Waals surface area (Å²) < 4.78 is 6.60. The summed E-state index contributed by atoms with van der Waals surface area (Å²) in [6.07, 6.45) is 0. The van der Waals surface area contributed by atoms with E-state index in [0.29, 0.717) is 23.4 Å². The first-order valence-corrected chi connectivity index (χ1v) is 18.4. The fourth-order valence-electron chi connectivity index (χ4n) is 7.99. The van der Waals surface area contributed by atoms with E-state index in [4.69, 9.17) is 24.4 Å². The van der Waals surface area contributed by atoms with Gasteiger partial charge in [0.05, 0.1) is 0 Å². The fraction of sp³-hybridized carbons (Fsp3) is 0. The topological polar surface area (TPSA) is 64.7 Å². The lowest BCUT2D eigenvalue weighted by Crippen LogP contribution is -2.00. The van der Waals surface area contributed by atoms with Gasteiger partial charge in [0.1, 0.15) is 5.52 Å². The zero-order valence-electron chi connectivity index (χ0n) is 29.5. The molecule has 0 aliphatic heterocycles. The van der Waals surface area contributed by atoms with Crippen LogP contribution >= 0.6 is 0 Å². The first-order valence-electron chi connectivity index (χ1n) is 18.4. The zero-order chi connectivity index (χ0) is 36.3. The highest BCUT2D eigenvalue weighted by atomic mass is 16.3. The van der Waals surface area contributed by atoms with Gasteiger partial charge in [-0.3, -0.25) is 0 Å². The van der Waals surface area contributed by atoms with Crippen molar-refractivity contribution in [3.8, 4) is 56.7 Å². The Labute approximate surface area is 316 Å². The largest absolute Gasteiger partial charge is 0.435 e. The molecule has 2 heterocycles. The van der Waals surface area contributed by atoms with Gasteiger partial charge in [0.25, 0.3) is 0 Å². The predicted molar refractivity (Wildman–Crippen MR) is 225 cm³/mol. The predicted octanol–water partition coefficient (Wildman–Crippen LogP) is 13.0. The Hall–Kier alpha value is -7.50. The van der Waals surface area contributed by atoms with Gasteiger partial charge in [-0.25, -0.2) is 19.9 Å². The third-order valence-electron chi connectivity index (χ3n) is 10.5. The minimum atomic E-state index is 0.623. The van der Waals surface area contributed by atoms with Gasteiger partial charge in [-0.15, -0.1) is 0 Å². The molecule has 0 bridgehead atoms. The van der Waals surface area contributed by atoms with Gasteiger partial charge in [0, 0.05) is 33.0 Å². The third-order valence-corrected chi connectivity index (χ3v) is 10.5. The second-order valence-electron chi connectivity index (χ2n) is 13.8. The van der Waals surface area contributed by atoms with Crippen molar-refractivity contribution in [3.05, 3.63) is 182 Å². The Kier molecular flexibility index (Phi) is 7.10. The molecule has 0 saturated carbocycles. The van der Waals surface area contributed by atoms with Gasteiger partial charge >= 0.3 is 0 Å². The number of fused-ring (bicyclic) bond motifs is 8. The van der Waals surface area contributed by atoms with E-state index >= 15 is 0 Å². The van der Waals surface area contributed by atoms with E-state index in [1.165, 1.54) is 0 Å². The molecule has 0 fully saturated rings. The lowest BCUT2D eigenvalue weighted by molar-refractivity contribution is 0.623. The molecule has 0 spiro atoms. The van der Waals surface area contributed by atoms with E-state index in [-0.39, 0.29) is 0 Å². The summed E-state index contributed by atoms with van der Waals surface area (Å²) in [6.45, 7) is 0. The van der Waals surface area contributed by atoms with Crippen LogP contribution in [-0.4, -0.2) is 19.9 Å². The number of hydrogen-bond acceptors (Lipinski definition) is 5. The normalized spacial score (nSPS) is 11.6. The smallest absolute Gasteiger partial charge is 0.227 e. The van der Waals surface area contributed by atoms with Gasteiger partial charge in [-0.1, -0.05) is 158 Å². The van der Waals surface area contributed by atoms with Crippen molar-refractivity contribution in [2.45, 2.75) is 0 Å². The summed E-state index contributed by atoms with van der Waals surface area (Å²) >= 11 is 0. The van der Waals surface area contributed by atoms with Crippen LogP contribution in [0.4, 0.5) is 0 Å². The Morgan fingerprint density at radius 1 is 0.327 bits per heavy atom. The van der Waals surface area contributed by atoms with E-state index in [0.717, 1.165) is 87.6 Å². The fourth-order valence-corrected chi connectivity index (χ4v) is 7.99. The molecule has 256 valence electrons. The molecule has 0 amide bonds. The first kappa shape index (κ1) is 31.1. The molecule has 11 aromatic rings. The van der Waals surface area contributed by atoms with E-state index in [1.807, 2.05) is 91.0 Å². The Balaban J connectivity index is 1.14. The van der Waals surface area contributed by atoms with Crippen LogP contribution < -0.4 is 0 Å². The Bertz CT molecular complexity index is 3190. The van der Waals surface area contributed by atoms with Crippen molar-refractivity contribution < 1.29 is 4.42 Å². The Morgan fingerprint density at radius 2 is 0.836 bits per heavy atom. The van der Waals surface area contributed by atoms with Crippen molar-refractivity contribution >= 4 is 54.2 Å². The highest BCUT2D eigenvalue weighted by Crippen LogP contribution is 2.43. The molecule has 2 aromatic heterocycles. The summed E-state index contributed by atoms with van der Waals surface area (Å²) in [5, 5.41) is 9.01. The molecule has 0 aliphatic rings. The maximum Gasteiger partial charge on any atom is 0.227 e. The van der Waals surface area contributed by atoms with Crippen molar-refractivity contribution in [2.24, 2.45) is 0 Å². The van der Waals surface area contributed by atoms with Crippen molar-refractivity contribution in [1.29, 1.82) is 0 Å². The van der Waals surface area contributed by atoms with Crippen LogP contribution in [0.1, 0.15) is 0 Å². The maximum atomic E-state index is 6.60. The summed E-state index contributed by atoms with van der Waals surface area (Å²) in [5.74, 6) is 2.54. The molecule has 0 atom stereocenters. The molecule has 0 radical (unpaired) electrons. The molecule has 5 nitrogen and oxygen atoms in total. The second kappa shape index (κ2) is 12.6. The zero-order valence-corrected chi connectivity index (χ0v) is 29.5. The van der Waals surface area contributed by atoms with Crippen LogP contribution in [-0.2, 0) is 0 Å². The molecule has 0 N–H and O–H groups in total. The number of hydrogen-bond donors (Lipinski definition) is 0. The number of oxazole rings is 1. The number of rotatable bonds is 5. The lowest BCUT2D eigenvalue weighted by Gasteiger charge is -2.16. The van der Waals surface area contributed by atoms with E-state index < -0.39 is 0 Å². The van der Waals surface area contributed by atoms with E-state index in [9.17, 15) is 0 Å². The molecule has 0 unspecified atom stereocenters. The van der Waals surface area contributed by atoms with Crippen LogP contribution in [0.25, 0.3) is 111 Å². The van der Waals surface area contributed by atoms with Gasteiger partial charge < -0.3 is 4.42 Å². The second-order valence-corrected chi connectivity index (χ2v) is 13.8. The third kappa shape index (κ3) is 5.17. The van der Waals surface area contributed by atoms with Gasteiger partial charge in [0.15, 0.2) is 23.1 Å². The number of nitrogens with zero attached hydrogens (tertiary/aromatic N) is 4. The molecular formula is C50H30N4O. The van der Waals surface area contributed by atoms with Crippen LogP contribution in [0.5, 0.6) is 0 Å². The Morgan fingerprint density at radius 3 is 1.53 bits per heavy atom. The summed E-state index contributed by atoms with van der Waals surface area (Å²) in [7, 11) is 0. The monoisotopic (exact) mass is 702 g/mol. The lowest BCUT2D eigenvalue weighted by atomic mass is 9.88. The van der Waals surface area contributed by atoms with Crippen molar-refractivity contribution in [3.63, 3.8) is 0 Å². The van der Waals surface area contributed by atoms with Crippen LogP contribution in [0.15, 0.2) is 186 Å². The average Bonchev–Trinajstić information content (AvgIpc) is 3.71. The van der Waals surface area contributed by atoms with Crippen LogP contribution in [0.2, 0.25) is 0 Å². The van der Waals surface area contributed by atoms with E-state index in [1.54, 1.807) is 0 Å².